The maximum absolute atomic E-state index is 12.0. The highest BCUT2D eigenvalue weighted by atomic mass is 16.6. The highest BCUT2D eigenvalue weighted by molar-refractivity contribution is 5.98. The van der Waals surface area contributed by atoms with E-state index in [1.54, 1.807) is 30.3 Å². The van der Waals surface area contributed by atoms with E-state index in [0.717, 1.165) is 0 Å². The van der Waals surface area contributed by atoms with Gasteiger partial charge < -0.3 is 15.2 Å². The van der Waals surface area contributed by atoms with Crippen LogP contribution in [-0.2, 0) is 19.1 Å². The van der Waals surface area contributed by atoms with Gasteiger partial charge in [-0.25, -0.2) is 0 Å². The summed E-state index contributed by atoms with van der Waals surface area (Å²) in [6.07, 6.45) is -0.201. The van der Waals surface area contributed by atoms with Crippen LogP contribution in [0.15, 0.2) is 30.3 Å². The fraction of sp³-hybridized carbons (Fsp3) is 0.400. The third-order valence-corrected chi connectivity index (χ3v) is 3.16. The summed E-state index contributed by atoms with van der Waals surface area (Å²) in [4.78, 5) is 35.5. The summed E-state index contributed by atoms with van der Waals surface area (Å²) >= 11 is 0. The topological polar surface area (TPSA) is 108 Å². The van der Waals surface area contributed by atoms with Gasteiger partial charge in [0, 0.05) is 5.56 Å². The van der Waals surface area contributed by atoms with Crippen LogP contribution >= 0.6 is 0 Å². The fourth-order valence-corrected chi connectivity index (χ4v) is 1.94. The Morgan fingerprint density at radius 3 is 2.59 bits per heavy atom. The van der Waals surface area contributed by atoms with Gasteiger partial charge in [0.05, 0.1) is 19.0 Å². The van der Waals surface area contributed by atoms with Crippen molar-refractivity contribution in [1.29, 1.82) is 0 Å². The molecule has 0 spiro atoms. The number of nitrogens with one attached hydrogen (secondary N) is 1. The lowest BCUT2D eigenvalue weighted by molar-refractivity contribution is -0.149. The summed E-state index contributed by atoms with van der Waals surface area (Å²) < 4.78 is 9.93. The van der Waals surface area contributed by atoms with Crippen LogP contribution in [0.25, 0.3) is 0 Å². The minimum atomic E-state index is -0.925. The second-order valence-corrected chi connectivity index (χ2v) is 5.00. The minimum absolute atomic E-state index is 0.00177. The molecule has 0 radical (unpaired) electrons. The van der Waals surface area contributed by atoms with E-state index < -0.39 is 24.0 Å². The number of benzene rings is 1. The molecule has 1 fully saturated rings. The lowest BCUT2D eigenvalue weighted by Crippen LogP contribution is -2.42. The summed E-state index contributed by atoms with van der Waals surface area (Å²) in [7, 11) is 0. The molecule has 1 aliphatic rings. The zero-order valence-electron chi connectivity index (χ0n) is 12.0. The van der Waals surface area contributed by atoms with Crippen LogP contribution in [0.3, 0.4) is 0 Å². The van der Waals surface area contributed by atoms with Crippen molar-refractivity contribution in [2.45, 2.75) is 18.5 Å². The van der Waals surface area contributed by atoms with Crippen molar-refractivity contribution < 1.29 is 23.9 Å². The third-order valence-electron chi connectivity index (χ3n) is 3.16. The molecule has 1 aromatic carbocycles. The second kappa shape index (κ2) is 7.67. The summed E-state index contributed by atoms with van der Waals surface area (Å²) in [5.41, 5.74) is 6.14. The van der Waals surface area contributed by atoms with E-state index in [4.69, 9.17) is 15.2 Å². The number of ketones is 1. The molecule has 7 nitrogen and oxygen atoms in total. The van der Waals surface area contributed by atoms with E-state index in [0.29, 0.717) is 5.56 Å². The number of ether oxygens (including phenoxy) is 2. The number of carbonyl (C=O) groups excluding carboxylic acids is 3. The predicted molar refractivity (Wildman–Crippen MR) is 77.1 cm³/mol. The number of hydrogen-bond acceptors (Lipinski definition) is 7. The molecule has 0 aliphatic carbocycles. The standard InChI is InChI=1S/C15H18N2O5/c16-11-8-21-14(19)6-12(15(20)22-9-11)17-7-13(18)10-4-2-1-3-5-10/h1-5,11-12,17H,6-9,16H2. The first-order valence-electron chi connectivity index (χ1n) is 6.95. The Hall–Kier alpha value is -2.25. The molecule has 1 aromatic rings. The quantitative estimate of drug-likeness (QED) is 0.578. The van der Waals surface area contributed by atoms with Crippen molar-refractivity contribution in [2.24, 2.45) is 5.73 Å². The maximum Gasteiger partial charge on any atom is 0.323 e. The van der Waals surface area contributed by atoms with Crippen molar-refractivity contribution >= 4 is 17.7 Å². The number of carbonyl (C=O) groups is 3. The Balaban J connectivity index is 1.95. The van der Waals surface area contributed by atoms with Crippen molar-refractivity contribution in [3.8, 4) is 0 Å². The van der Waals surface area contributed by atoms with Gasteiger partial charge >= 0.3 is 11.9 Å². The average Bonchev–Trinajstić information content (AvgIpc) is 2.59. The molecule has 1 saturated heterocycles. The van der Waals surface area contributed by atoms with Crippen LogP contribution < -0.4 is 11.1 Å². The molecule has 2 rings (SSSR count). The summed E-state index contributed by atoms with van der Waals surface area (Å²) in [6, 6.07) is 7.19. The number of nitrogens with two attached hydrogens (primary N) is 1. The van der Waals surface area contributed by atoms with Gasteiger partial charge in [-0.2, -0.15) is 0 Å². The van der Waals surface area contributed by atoms with E-state index in [1.165, 1.54) is 0 Å². The molecular formula is C15H18N2O5. The molecule has 1 heterocycles. The molecule has 0 bridgehead atoms. The van der Waals surface area contributed by atoms with Crippen LogP contribution in [0.4, 0.5) is 0 Å². The highest BCUT2D eigenvalue weighted by Gasteiger charge is 2.27. The molecule has 1 aliphatic heterocycles. The Bertz CT molecular complexity index is 546. The lowest BCUT2D eigenvalue weighted by Gasteiger charge is -2.15. The molecule has 0 amide bonds. The molecule has 2 unspecified atom stereocenters. The zero-order chi connectivity index (χ0) is 15.9. The molecule has 0 saturated carbocycles. The van der Waals surface area contributed by atoms with Gasteiger partial charge in [-0.3, -0.25) is 19.7 Å². The van der Waals surface area contributed by atoms with E-state index in [2.05, 4.69) is 5.32 Å². The molecular weight excluding hydrogens is 288 g/mol. The van der Waals surface area contributed by atoms with E-state index in [9.17, 15) is 14.4 Å². The number of cyclic esters (lactones) is 2. The Labute approximate surface area is 127 Å². The van der Waals surface area contributed by atoms with Gasteiger partial charge in [0.1, 0.15) is 19.3 Å². The average molecular weight is 306 g/mol. The molecule has 118 valence electrons. The summed E-state index contributed by atoms with van der Waals surface area (Å²) in [6.45, 7) is -0.109. The Morgan fingerprint density at radius 2 is 1.86 bits per heavy atom. The van der Waals surface area contributed by atoms with Gasteiger partial charge in [-0.05, 0) is 0 Å². The molecule has 2 atom stereocenters. The smallest absolute Gasteiger partial charge is 0.323 e. The van der Waals surface area contributed by atoms with Crippen LogP contribution in [-0.4, -0.2) is 49.6 Å². The Kier molecular flexibility index (Phi) is 5.62. The van der Waals surface area contributed by atoms with E-state index in [-0.39, 0.29) is 32.0 Å². The lowest BCUT2D eigenvalue weighted by atomic mass is 10.1. The monoisotopic (exact) mass is 306 g/mol. The predicted octanol–water partition coefficient (Wildman–Crippen LogP) is -0.355. The van der Waals surface area contributed by atoms with Crippen LogP contribution in [0.1, 0.15) is 16.8 Å². The number of esters is 2. The molecule has 0 aromatic heterocycles. The van der Waals surface area contributed by atoms with Crippen LogP contribution in [0.2, 0.25) is 0 Å². The van der Waals surface area contributed by atoms with Gasteiger partial charge in [0.2, 0.25) is 0 Å². The second-order valence-electron chi connectivity index (χ2n) is 5.00. The maximum atomic E-state index is 12.0. The van der Waals surface area contributed by atoms with E-state index >= 15 is 0 Å². The number of Topliss-reactive ketones (excluding diaryl/α,β-unsaturated/α-hetero) is 1. The van der Waals surface area contributed by atoms with Crippen molar-refractivity contribution in [3.05, 3.63) is 35.9 Å². The van der Waals surface area contributed by atoms with Crippen LogP contribution in [0, 0.1) is 0 Å². The molecule has 22 heavy (non-hydrogen) atoms. The summed E-state index contributed by atoms with van der Waals surface area (Å²) in [5, 5.41) is 2.74. The van der Waals surface area contributed by atoms with Gasteiger partial charge in [-0.15, -0.1) is 0 Å². The first kappa shape index (κ1) is 16.1. The normalized spacial score (nSPS) is 22.8. The van der Waals surface area contributed by atoms with Crippen molar-refractivity contribution in [3.63, 3.8) is 0 Å². The third kappa shape index (κ3) is 4.64. The van der Waals surface area contributed by atoms with E-state index in [1.807, 2.05) is 0 Å². The molecule has 7 heteroatoms. The SMILES string of the molecule is NC1COC(=O)CC(NCC(=O)c2ccccc2)C(=O)OC1. The van der Waals surface area contributed by atoms with Crippen molar-refractivity contribution in [2.75, 3.05) is 19.8 Å². The Morgan fingerprint density at radius 1 is 1.18 bits per heavy atom. The van der Waals surface area contributed by atoms with Crippen LogP contribution in [0.5, 0.6) is 0 Å². The zero-order valence-corrected chi connectivity index (χ0v) is 12.0. The number of hydrogen-bond donors (Lipinski definition) is 2. The summed E-state index contributed by atoms with van der Waals surface area (Å²) in [5.74, 6) is -1.35. The van der Waals surface area contributed by atoms with Gasteiger partial charge in [-0.1, -0.05) is 30.3 Å². The van der Waals surface area contributed by atoms with Gasteiger partial charge in [0.15, 0.2) is 5.78 Å². The first-order chi connectivity index (χ1) is 10.6. The molecule has 3 N–H and O–H groups in total. The van der Waals surface area contributed by atoms with Crippen molar-refractivity contribution in [1.82, 2.24) is 5.32 Å². The highest BCUT2D eigenvalue weighted by Crippen LogP contribution is 2.04. The van der Waals surface area contributed by atoms with Gasteiger partial charge in [0.25, 0.3) is 0 Å². The minimum Gasteiger partial charge on any atom is -0.464 e. The number of rotatable bonds is 4. The first-order valence-corrected chi connectivity index (χ1v) is 6.95. The fourth-order valence-electron chi connectivity index (χ4n) is 1.94. The largest absolute Gasteiger partial charge is 0.464 e.